The predicted octanol–water partition coefficient (Wildman–Crippen LogP) is 3.65. The molecule has 3 rings (SSSR count). The van der Waals surface area contributed by atoms with Gasteiger partial charge in [-0.1, -0.05) is 24.2 Å². The van der Waals surface area contributed by atoms with Gasteiger partial charge in [0.25, 0.3) is 0 Å². The fourth-order valence-corrected chi connectivity index (χ4v) is 3.23. The molecular formula is C20H28N4O3. The molecule has 1 N–H and O–H groups in total. The quantitative estimate of drug-likeness (QED) is 0.802. The minimum absolute atomic E-state index is 0.0518. The summed E-state index contributed by atoms with van der Waals surface area (Å²) in [7, 11) is 0. The average Bonchev–Trinajstić information content (AvgIpc) is 3.15. The first-order valence-corrected chi connectivity index (χ1v) is 9.73. The van der Waals surface area contributed by atoms with Crippen molar-refractivity contribution in [3.63, 3.8) is 0 Å². The van der Waals surface area contributed by atoms with Gasteiger partial charge in [0.2, 0.25) is 5.89 Å². The maximum absolute atomic E-state index is 12.4. The van der Waals surface area contributed by atoms with E-state index in [-0.39, 0.29) is 12.1 Å². The number of carbonyl (C=O) groups is 1. The van der Waals surface area contributed by atoms with Gasteiger partial charge in [-0.05, 0) is 50.3 Å². The fourth-order valence-electron chi connectivity index (χ4n) is 3.23. The lowest BCUT2D eigenvalue weighted by Gasteiger charge is -2.33. The molecule has 0 bridgehead atoms. The van der Waals surface area contributed by atoms with Crippen LogP contribution in [0, 0.1) is 6.92 Å². The average molecular weight is 372 g/mol. The Morgan fingerprint density at radius 2 is 2.30 bits per heavy atom. The summed E-state index contributed by atoms with van der Waals surface area (Å²) in [6, 6.07) is 7.74. The number of amides is 2. The molecule has 1 aliphatic rings. The van der Waals surface area contributed by atoms with Crippen molar-refractivity contribution in [1.29, 1.82) is 0 Å². The van der Waals surface area contributed by atoms with Crippen molar-refractivity contribution in [1.82, 2.24) is 20.4 Å². The first kappa shape index (κ1) is 19.2. The monoisotopic (exact) mass is 372 g/mol. The molecule has 7 nitrogen and oxygen atoms in total. The van der Waals surface area contributed by atoms with Crippen LogP contribution in [-0.2, 0) is 6.42 Å². The molecule has 1 atom stereocenters. The molecule has 2 aromatic rings. The number of aryl methyl sites for hydroxylation is 1. The van der Waals surface area contributed by atoms with Crippen molar-refractivity contribution in [3.05, 3.63) is 41.5 Å². The molecule has 1 aromatic heterocycles. The number of ether oxygens (including phenoxy) is 1. The van der Waals surface area contributed by atoms with Crippen LogP contribution in [0.15, 0.2) is 28.8 Å². The molecule has 2 amide bonds. The molecule has 0 saturated carbocycles. The number of hydrogen-bond acceptors (Lipinski definition) is 5. The largest absolute Gasteiger partial charge is 0.493 e. The second-order valence-electron chi connectivity index (χ2n) is 6.90. The highest BCUT2D eigenvalue weighted by molar-refractivity contribution is 5.74. The number of nitrogens with zero attached hydrogens (tertiary/aromatic N) is 3. The van der Waals surface area contributed by atoms with Crippen LogP contribution in [0.4, 0.5) is 4.79 Å². The highest BCUT2D eigenvalue weighted by atomic mass is 16.5. The number of rotatable bonds is 7. The van der Waals surface area contributed by atoms with E-state index in [0.29, 0.717) is 37.8 Å². The third kappa shape index (κ3) is 5.21. The number of hydrogen-bond donors (Lipinski definition) is 1. The van der Waals surface area contributed by atoms with Crippen LogP contribution in [0.5, 0.6) is 5.75 Å². The van der Waals surface area contributed by atoms with Crippen molar-refractivity contribution >= 4 is 6.03 Å². The zero-order chi connectivity index (χ0) is 19.1. The highest BCUT2D eigenvalue weighted by Gasteiger charge is 2.31. The van der Waals surface area contributed by atoms with E-state index < -0.39 is 0 Å². The van der Waals surface area contributed by atoms with Gasteiger partial charge < -0.3 is 19.5 Å². The molecule has 1 aromatic carbocycles. The van der Waals surface area contributed by atoms with E-state index in [1.54, 1.807) is 0 Å². The number of piperidine rings is 1. The van der Waals surface area contributed by atoms with Crippen molar-refractivity contribution in [2.24, 2.45) is 0 Å². The molecule has 0 radical (unpaired) electrons. The van der Waals surface area contributed by atoms with Crippen molar-refractivity contribution in [3.8, 4) is 5.75 Å². The van der Waals surface area contributed by atoms with Gasteiger partial charge in [-0.15, -0.1) is 0 Å². The van der Waals surface area contributed by atoms with Crippen LogP contribution >= 0.6 is 0 Å². The Bertz CT molecular complexity index is 746. The molecule has 0 spiro atoms. The summed E-state index contributed by atoms with van der Waals surface area (Å²) < 4.78 is 11.2. The predicted molar refractivity (Wildman–Crippen MR) is 102 cm³/mol. The van der Waals surface area contributed by atoms with Crippen molar-refractivity contribution < 1.29 is 14.1 Å². The van der Waals surface area contributed by atoms with E-state index in [1.165, 1.54) is 0 Å². The molecule has 27 heavy (non-hydrogen) atoms. The molecular weight excluding hydrogens is 344 g/mol. The standard InChI is InChI=1S/C20H28N4O3/c1-3-11-21-20(25)24-12-5-4-9-17(24)19-22-18(23-27-19)10-13-26-16-8-6-7-15(2)14-16/h6-8,14,17H,3-5,9-13H2,1-2H3,(H,21,25). The SMILES string of the molecule is CCCNC(=O)N1CCCCC1c1nc(CCOc2cccc(C)c2)no1. The summed E-state index contributed by atoms with van der Waals surface area (Å²) in [5.74, 6) is 1.97. The Morgan fingerprint density at radius 3 is 3.11 bits per heavy atom. The summed E-state index contributed by atoms with van der Waals surface area (Å²) in [6.45, 7) is 5.94. The highest BCUT2D eigenvalue weighted by Crippen LogP contribution is 2.29. The maximum atomic E-state index is 12.4. The molecule has 146 valence electrons. The van der Waals surface area contributed by atoms with E-state index >= 15 is 0 Å². The topological polar surface area (TPSA) is 80.5 Å². The van der Waals surface area contributed by atoms with Gasteiger partial charge in [0.05, 0.1) is 6.61 Å². The van der Waals surface area contributed by atoms with Crippen molar-refractivity contribution in [2.75, 3.05) is 19.7 Å². The van der Waals surface area contributed by atoms with Gasteiger partial charge in [0, 0.05) is 19.5 Å². The molecule has 2 heterocycles. The Labute approximate surface area is 160 Å². The zero-order valence-corrected chi connectivity index (χ0v) is 16.1. The Kier molecular flexibility index (Phi) is 6.68. The molecule has 1 aliphatic heterocycles. The van der Waals surface area contributed by atoms with Gasteiger partial charge in [0.1, 0.15) is 11.8 Å². The second-order valence-corrected chi connectivity index (χ2v) is 6.90. The number of carbonyl (C=O) groups excluding carboxylic acids is 1. The molecule has 0 aliphatic carbocycles. The van der Waals surface area contributed by atoms with Gasteiger partial charge in [0.15, 0.2) is 5.82 Å². The third-order valence-corrected chi connectivity index (χ3v) is 4.64. The molecule has 1 fully saturated rings. The van der Waals surface area contributed by atoms with Crippen LogP contribution in [0.25, 0.3) is 0 Å². The zero-order valence-electron chi connectivity index (χ0n) is 16.1. The van der Waals surface area contributed by atoms with E-state index in [0.717, 1.165) is 37.0 Å². The number of urea groups is 1. The molecule has 7 heteroatoms. The number of benzene rings is 1. The van der Waals surface area contributed by atoms with Crippen LogP contribution in [0.1, 0.15) is 55.9 Å². The van der Waals surface area contributed by atoms with E-state index in [4.69, 9.17) is 9.26 Å². The van der Waals surface area contributed by atoms with Crippen molar-refractivity contribution in [2.45, 2.75) is 52.0 Å². The fraction of sp³-hybridized carbons (Fsp3) is 0.550. The normalized spacial score (nSPS) is 17.0. The van der Waals surface area contributed by atoms with Gasteiger partial charge in [-0.2, -0.15) is 4.98 Å². The lowest BCUT2D eigenvalue weighted by atomic mass is 10.0. The minimum atomic E-state index is -0.144. The van der Waals surface area contributed by atoms with Crippen LogP contribution in [-0.4, -0.2) is 40.8 Å². The minimum Gasteiger partial charge on any atom is -0.493 e. The number of likely N-dealkylation sites (tertiary alicyclic amines) is 1. The van der Waals surface area contributed by atoms with E-state index in [2.05, 4.69) is 15.5 Å². The smallest absolute Gasteiger partial charge is 0.318 e. The summed E-state index contributed by atoms with van der Waals surface area (Å²) in [4.78, 5) is 18.7. The first-order valence-electron chi connectivity index (χ1n) is 9.73. The Morgan fingerprint density at radius 1 is 1.41 bits per heavy atom. The summed E-state index contributed by atoms with van der Waals surface area (Å²) >= 11 is 0. The Balaban J connectivity index is 1.57. The second kappa shape index (κ2) is 9.39. The lowest BCUT2D eigenvalue weighted by Crippen LogP contribution is -2.44. The maximum Gasteiger partial charge on any atom is 0.318 e. The lowest BCUT2D eigenvalue weighted by molar-refractivity contribution is 0.132. The summed E-state index contributed by atoms with van der Waals surface area (Å²) in [5, 5.41) is 7.01. The molecule has 1 unspecified atom stereocenters. The summed E-state index contributed by atoms with van der Waals surface area (Å²) in [5.41, 5.74) is 1.16. The van der Waals surface area contributed by atoms with E-state index in [1.807, 2.05) is 43.0 Å². The Hall–Kier alpha value is -2.57. The van der Waals surface area contributed by atoms with Crippen LogP contribution in [0.3, 0.4) is 0 Å². The van der Waals surface area contributed by atoms with Gasteiger partial charge in [-0.3, -0.25) is 0 Å². The third-order valence-electron chi connectivity index (χ3n) is 4.64. The number of nitrogens with one attached hydrogen (secondary N) is 1. The van der Waals surface area contributed by atoms with Gasteiger partial charge >= 0.3 is 6.03 Å². The first-order chi connectivity index (χ1) is 13.2. The number of aromatic nitrogens is 2. The van der Waals surface area contributed by atoms with E-state index in [9.17, 15) is 4.79 Å². The molecule has 1 saturated heterocycles. The van der Waals surface area contributed by atoms with Crippen LogP contribution in [0.2, 0.25) is 0 Å². The summed E-state index contributed by atoms with van der Waals surface area (Å²) in [6.07, 6.45) is 4.38. The van der Waals surface area contributed by atoms with Gasteiger partial charge in [-0.25, -0.2) is 4.79 Å². The van der Waals surface area contributed by atoms with Crippen LogP contribution < -0.4 is 10.1 Å².